The van der Waals surface area contributed by atoms with Crippen LogP contribution in [0.1, 0.15) is 121 Å². The van der Waals surface area contributed by atoms with Gasteiger partial charge in [-0.3, -0.25) is 48.1 Å². The maximum absolute atomic E-state index is 14.2. The van der Waals surface area contributed by atoms with E-state index in [1.54, 1.807) is 72.0 Å². The number of hydrogen-bond donors (Lipinski definition) is 4. The van der Waals surface area contributed by atoms with Gasteiger partial charge < -0.3 is 34.7 Å². The number of hydrogen-bond acceptors (Lipinski definition) is 17. The van der Waals surface area contributed by atoms with E-state index in [0.717, 1.165) is 91.8 Å². The van der Waals surface area contributed by atoms with Crippen LogP contribution in [0.3, 0.4) is 0 Å². The number of anilines is 5. The second-order valence-electron chi connectivity index (χ2n) is 20.5. The summed E-state index contributed by atoms with van der Waals surface area (Å²) in [5, 5.41) is 14.5. The first-order valence-corrected chi connectivity index (χ1v) is 28.4. The number of fused-ring (bicyclic) bond motifs is 4. The Balaban J connectivity index is 0.728. The summed E-state index contributed by atoms with van der Waals surface area (Å²) in [7, 11) is -7.89. The fourth-order valence-corrected chi connectivity index (χ4v) is 14.0. The van der Waals surface area contributed by atoms with E-state index < -0.39 is 56.9 Å². The van der Waals surface area contributed by atoms with Crippen molar-refractivity contribution in [3.8, 4) is 17.0 Å². The molecule has 77 heavy (non-hydrogen) atoms. The predicted molar refractivity (Wildman–Crippen MR) is 287 cm³/mol. The van der Waals surface area contributed by atoms with Gasteiger partial charge >= 0.3 is 7.82 Å². The third kappa shape index (κ3) is 9.89. The molecule has 21 nitrogen and oxygen atoms in total. The Morgan fingerprint density at radius 2 is 1.60 bits per heavy atom. The average molecular weight is 1090 g/mol. The quantitative estimate of drug-likeness (QED) is 0.0753. The first kappa shape index (κ1) is 48.7. The molecule has 0 spiro atoms. The SMILES string of the molecule is [2H]C([2H])([2H])Oc1ncc(-c2ccnc(N3CCc4c(sc5c4CCCC5)C3=O)c2[C@@H](C)O)cc1Nc1ccc(N2CCN(C3CCN(c4ccc5c(c4)C(=O)N(C4CCC(=O)N(C(C)OP(=O)(O)O)C4=O)C5=O)CC3)C[C@@H]2C)cn1. The number of imide groups is 2. The molecule has 4 atom stereocenters. The number of methoxy groups -OCH3 is 1. The lowest BCUT2D eigenvalue weighted by Gasteiger charge is -2.46. The van der Waals surface area contributed by atoms with Crippen molar-refractivity contribution in [2.24, 2.45) is 0 Å². The molecule has 5 aromatic rings. The number of nitrogens with one attached hydrogen (secondary N) is 1. The molecule has 11 rings (SSSR count). The van der Waals surface area contributed by atoms with E-state index >= 15 is 0 Å². The molecule has 6 aliphatic rings. The zero-order chi connectivity index (χ0) is 56.5. The molecule has 1 aliphatic carbocycles. The molecule has 2 unspecified atom stereocenters. The summed E-state index contributed by atoms with van der Waals surface area (Å²) in [5.41, 5.74) is 6.15. The number of aryl methyl sites for hydroxylation is 1. The molecule has 4 N–H and O–H groups in total. The molecule has 0 bridgehead atoms. The average Bonchev–Trinajstić information content (AvgIpc) is 3.95. The first-order valence-electron chi connectivity index (χ1n) is 27.5. The number of amides is 5. The van der Waals surface area contributed by atoms with E-state index in [-0.39, 0.29) is 47.5 Å². The molecule has 23 heteroatoms. The number of nitrogens with zero attached hydrogens (tertiary/aromatic N) is 9. The monoisotopic (exact) mass is 1090 g/mol. The van der Waals surface area contributed by atoms with Crippen LogP contribution in [0.15, 0.2) is 61.1 Å². The topological polar surface area (TPSA) is 252 Å². The van der Waals surface area contributed by atoms with E-state index in [9.17, 15) is 43.4 Å². The van der Waals surface area contributed by atoms with Crippen molar-refractivity contribution in [2.45, 2.75) is 109 Å². The minimum atomic E-state index is -5.07. The molecule has 1 aromatic carbocycles. The maximum Gasteiger partial charge on any atom is 0.471 e. The second kappa shape index (κ2) is 21.0. The van der Waals surface area contributed by atoms with Gasteiger partial charge in [-0.1, -0.05) is 0 Å². The van der Waals surface area contributed by atoms with Gasteiger partial charge in [0.25, 0.3) is 23.6 Å². The van der Waals surface area contributed by atoms with Crippen LogP contribution in [0, 0.1) is 0 Å². The van der Waals surface area contributed by atoms with Crippen molar-refractivity contribution in [1.82, 2.24) is 29.7 Å². The molecule has 0 radical (unpaired) electrons. The zero-order valence-corrected chi connectivity index (χ0v) is 44.5. The van der Waals surface area contributed by atoms with Gasteiger partial charge in [-0.05, 0) is 131 Å². The van der Waals surface area contributed by atoms with Crippen LogP contribution in [0.2, 0.25) is 0 Å². The maximum atomic E-state index is 14.2. The summed E-state index contributed by atoms with van der Waals surface area (Å²) in [6.07, 6.45) is 8.42. The molecule has 4 aromatic heterocycles. The molecule has 0 saturated carbocycles. The highest BCUT2D eigenvalue weighted by molar-refractivity contribution is 7.46. The third-order valence-electron chi connectivity index (χ3n) is 15.8. The molecule has 3 fully saturated rings. The van der Waals surface area contributed by atoms with Crippen LogP contribution in [-0.4, -0.2) is 145 Å². The minimum absolute atomic E-state index is 0.125. The number of phosphoric acid groups is 1. The van der Waals surface area contributed by atoms with Crippen molar-refractivity contribution in [3.05, 3.63) is 98.6 Å². The van der Waals surface area contributed by atoms with Gasteiger partial charge in [0.15, 0.2) is 0 Å². The van der Waals surface area contributed by atoms with Gasteiger partial charge in [-0.25, -0.2) is 19.5 Å². The van der Waals surface area contributed by atoms with Crippen LogP contribution in [0.5, 0.6) is 5.88 Å². The van der Waals surface area contributed by atoms with E-state index in [1.807, 2.05) is 6.07 Å². The number of aliphatic hydroxyl groups excluding tert-OH is 1. The van der Waals surface area contributed by atoms with E-state index in [1.165, 1.54) is 16.6 Å². The fraction of sp³-hybridized carbons (Fsp3) is 0.444. The molecule has 9 heterocycles. The fourth-order valence-electron chi connectivity index (χ4n) is 12.2. The van der Waals surface area contributed by atoms with Crippen molar-refractivity contribution >= 4 is 77.4 Å². The summed E-state index contributed by atoms with van der Waals surface area (Å²) >= 11 is 1.58. The Morgan fingerprint density at radius 3 is 2.34 bits per heavy atom. The van der Waals surface area contributed by atoms with Crippen LogP contribution in [0.4, 0.5) is 28.7 Å². The van der Waals surface area contributed by atoms with Gasteiger partial charge in [0.2, 0.25) is 11.8 Å². The van der Waals surface area contributed by atoms with Gasteiger partial charge in [-0.15, -0.1) is 11.3 Å². The summed E-state index contributed by atoms with van der Waals surface area (Å²) in [5.74, 6) is -2.60. The van der Waals surface area contributed by atoms with Crippen LogP contribution < -0.4 is 24.8 Å². The molecular formula is C54H61N10O11PS. The molecule has 3 saturated heterocycles. The highest BCUT2D eigenvalue weighted by atomic mass is 32.1. The lowest BCUT2D eigenvalue weighted by atomic mass is 9.91. The Bertz CT molecular complexity index is 3350. The summed E-state index contributed by atoms with van der Waals surface area (Å²) < 4.78 is 45.1. The van der Waals surface area contributed by atoms with Crippen LogP contribution in [0.25, 0.3) is 11.1 Å². The van der Waals surface area contributed by atoms with Crippen molar-refractivity contribution in [2.75, 3.05) is 66.3 Å². The first-order chi connectivity index (χ1) is 38.1. The number of piperidine rings is 2. The summed E-state index contributed by atoms with van der Waals surface area (Å²) in [4.78, 5) is 112. The Kier molecular flexibility index (Phi) is 13.3. The number of aliphatic hydroxyl groups is 1. The minimum Gasteiger partial charge on any atom is -0.480 e. The zero-order valence-electron chi connectivity index (χ0n) is 45.8. The largest absolute Gasteiger partial charge is 0.480 e. The van der Waals surface area contributed by atoms with Crippen molar-refractivity contribution in [3.63, 3.8) is 0 Å². The number of ether oxygens (including phenoxy) is 1. The number of aromatic nitrogens is 3. The molecule has 5 aliphatic heterocycles. The Hall–Kier alpha value is -6.65. The highest BCUT2D eigenvalue weighted by Crippen LogP contribution is 2.43. The summed E-state index contributed by atoms with van der Waals surface area (Å²) in [6.45, 7) is 9.07. The smallest absolute Gasteiger partial charge is 0.471 e. The number of rotatable bonds is 13. The van der Waals surface area contributed by atoms with Crippen LogP contribution in [-0.2, 0) is 37.9 Å². The standard InChI is InChI=1S/C54H61N10O11PS/c1-30-29-60(34-16-20-59(21-17-34)35-9-11-40-41(26-35)52(68)64(51(40)67)43-12-14-46(66)63(53(43)69)32(3)75-76(71,72)73)23-24-61(30)36-10-13-45(56-28-36)58-42-25-33(27-57-50(42)74-4)37-15-19-55-49(47(37)31(2)65)62-22-18-39-38-7-5-6-8-44(38)77-48(39)54(62)70/h9-11,13,15,19,25-28,30-32,34,43,65H,5-8,12,14,16-18,20-24,29H2,1-4H3,(H,56,58)(H2,71,72,73)/t30-,31+,32?,43?/m0/s1/i4D3. The lowest BCUT2D eigenvalue weighted by Crippen LogP contribution is -2.58. The molecular weight excluding hydrogens is 1030 g/mol. The second-order valence-corrected chi connectivity index (χ2v) is 22.8. The van der Waals surface area contributed by atoms with Crippen LogP contribution >= 0.6 is 19.2 Å². The summed E-state index contributed by atoms with van der Waals surface area (Å²) in [6, 6.07) is 11.3. The lowest BCUT2D eigenvalue weighted by molar-refractivity contribution is -0.161. The van der Waals surface area contributed by atoms with E-state index in [0.29, 0.717) is 65.3 Å². The Labute approximate surface area is 453 Å². The molecule has 404 valence electrons. The van der Waals surface area contributed by atoms with Gasteiger partial charge in [0, 0.05) is 91.9 Å². The highest BCUT2D eigenvalue weighted by Gasteiger charge is 2.49. The van der Waals surface area contributed by atoms with Crippen molar-refractivity contribution in [1.29, 1.82) is 0 Å². The number of likely N-dealkylation sites (tertiary alicyclic amines) is 1. The third-order valence-corrected chi connectivity index (χ3v) is 17.7. The van der Waals surface area contributed by atoms with E-state index in [2.05, 4.69) is 41.4 Å². The Morgan fingerprint density at radius 1 is 0.818 bits per heavy atom. The number of thiophene rings is 1. The van der Waals surface area contributed by atoms with Crippen molar-refractivity contribution < 1.29 is 56.8 Å². The number of pyridine rings is 3. The van der Waals surface area contributed by atoms with Gasteiger partial charge in [-0.2, -0.15) is 0 Å². The number of piperazine rings is 1. The normalized spacial score (nSPS) is 22.1. The van der Waals surface area contributed by atoms with Gasteiger partial charge in [0.1, 0.15) is 29.6 Å². The predicted octanol–water partition coefficient (Wildman–Crippen LogP) is 6.24. The van der Waals surface area contributed by atoms with Gasteiger partial charge in [0.05, 0.1) is 45.1 Å². The number of carbonyl (C=O) groups is 5. The van der Waals surface area contributed by atoms with E-state index in [4.69, 9.17) is 13.8 Å². The number of phosphoric ester groups is 1. The number of carbonyl (C=O) groups excluding carboxylic acids is 5. The number of benzene rings is 1. The molecule has 5 amide bonds.